The van der Waals surface area contributed by atoms with Crippen LogP contribution in [0.25, 0.3) is 10.8 Å². The minimum Gasteiger partial charge on any atom is -0.492 e. The molecule has 0 aliphatic heterocycles. The van der Waals surface area contributed by atoms with Crippen LogP contribution in [-0.4, -0.2) is 31.3 Å². The fourth-order valence-electron chi connectivity index (χ4n) is 2.57. The lowest BCUT2D eigenvalue weighted by molar-refractivity contribution is 0.236. The summed E-state index contributed by atoms with van der Waals surface area (Å²) in [4.78, 5) is 16.0. The van der Waals surface area contributed by atoms with Gasteiger partial charge in [-0.1, -0.05) is 36.4 Å². The van der Waals surface area contributed by atoms with E-state index in [1.54, 1.807) is 19.4 Å². The van der Waals surface area contributed by atoms with E-state index in [4.69, 9.17) is 9.47 Å². The van der Waals surface area contributed by atoms with E-state index >= 15 is 0 Å². The molecule has 3 aromatic rings. The maximum absolute atomic E-state index is 11.9. The Morgan fingerprint density at radius 2 is 1.88 bits per heavy atom. The molecule has 1 heterocycles. The fraction of sp³-hybridized carbons (Fsp3) is 0.200. The highest BCUT2D eigenvalue weighted by Crippen LogP contribution is 2.20. The molecule has 0 atom stereocenters. The number of hydrogen-bond donors (Lipinski definition) is 2. The van der Waals surface area contributed by atoms with Crippen LogP contribution in [0.2, 0.25) is 0 Å². The Balaban J connectivity index is 1.40. The van der Waals surface area contributed by atoms with Crippen molar-refractivity contribution in [2.24, 2.45) is 0 Å². The van der Waals surface area contributed by atoms with Gasteiger partial charge in [0.25, 0.3) is 0 Å². The molecular weight excluding hydrogens is 330 g/mol. The number of rotatable bonds is 7. The number of aromatic nitrogens is 1. The lowest BCUT2D eigenvalue weighted by Crippen LogP contribution is -2.37. The molecule has 3 rings (SSSR count). The summed E-state index contributed by atoms with van der Waals surface area (Å²) in [6.45, 7) is 1.14. The second kappa shape index (κ2) is 8.71. The number of nitrogens with one attached hydrogen (secondary N) is 2. The van der Waals surface area contributed by atoms with Crippen molar-refractivity contribution in [1.82, 2.24) is 15.6 Å². The van der Waals surface area contributed by atoms with E-state index in [9.17, 15) is 4.79 Å². The number of nitrogens with zero attached hydrogens (tertiary/aromatic N) is 1. The summed E-state index contributed by atoms with van der Waals surface area (Å²) in [6.07, 6.45) is 1.65. The molecule has 1 aromatic heterocycles. The molecule has 2 N–H and O–H groups in total. The van der Waals surface area contributed by atoms with Gasteiger partial charge in [0.2, 0.25) is 5.88 Å². The first-order valence-electron chi connectivity index (χ1n) is 8.37. The Kier molecular flexibility index (Phi) is 5.88. The van der Waals surface area contributed by atoms with E-state index in [2.05, 4.69) is 21.7 Å². The van der Waals surface area contributed by atoms with Gasteiger partial charge in [0, 0.05) is 18.3 Å². The number of hydrogen-bond acceptors (Lipinski definition) is 4. The summed E-state index contributed by atoms with van der Waals surface area (Å²) in [5, 5.41) is 7.83. The zero-order valence-corrected chi connectivity index (χ0v) is 14.6. The van der Waals surface area contributed by atoms with Crippen LogP contribution in [0, 0.1) is 0 Å². The normalized spacial score (nSPS) is 10.3. The summed E-state index contributed by atoms with van der Waals surface area (Å²) in [6, 6.07) is 17.4. The van der Waals surface area contributed by atoms with Crippen molar-refractivity contribution in [3.63, 3.8) is 0 Å². The maximum atomic E-state index is 11.9. The van der Waals surface area contributed by atoms with Crippen LogP contribution in [0.15, 0.2) is 60.8 Å². The lowest BCUT2D eigenvalue weighted by Gasteiger charge is -2.11. The highest BCUT2D eigenvalue weighted by atomic mass is 16.5. The van der Waals surface area contributed by atoms with Crippen LogP contribution >= 0.6 is 0 Å². The van der Waals surface area contributed by atoms with E-state index in [1.165, 1.54) is 5.39 Å². The Labute approximate surface area is 152 Å². The van der Waals surface area contributed by atoms with E-state index in [0.29, 0.717) is 25.6 Å². The second-order valence-corrected chi connectivity index (χ2v) is 5.64. The Morgan fingerprint density at radius 1 is 1.04 bits per heavy atom. The average molecular weight is 351 g/mol. The van der Waals surface area contributed by atoms with Crippen molar-refractivity contribution in [2.75, 3.05) is 20.3 Å². The van der Waals surface area contributed by atoms with Gasteiger partial charge in [-0.05, 0) is 29.0 Å². The third-order valence-electron chi connectivity index (χ3n) is 3.86. The van der Waals surface area contributed by atoms with Gasteiger partial charge in [0.05, 0.1) is 13.7 Å². The molecule has 0 unspecified atom stereocenters. The lowest BCUT2D eigenvalue weighted by atomic mass is 10.1. The van der Waals surface area contributed by atoms with Gasteiger partial charge in [0.15, 0.2) is 0 Å². The van der Waals surface area contributed by atoms with Crippen molar-refractivity contribution in [3.8, 4) is 11.6 Å². The van der Waals surface area contributed by atoms with Gasteiger partial charge in [0.1, 0.15) is 12.4 Å². The van der Waals surface area contributed by atoms with Crippen molar-refractivity contribution in [1.29, 1.82) is 0 Å². The van der Waals surface area contributed by atoms with E-state index < -0.39 is 0 Å². The molecule has 0 saturated heterocycles. The van der Waals surface area contributed by atoms with Crippen molar-refractivity contribution < 1.29 is 14.3 Å². The molecule has 6 nitrogen and oxygen atoms in total. The van der Waals surface area contributed by atoms with Crippen LogP contribution in [0.4, 0.5) is 4.79 Å². The van der Waals surface area contributed by atoms with E-state index in [0.717, 1.165) is 16.7 Å². The third-order valence-corrected chi connectivity index (χ3v) is 3.86. The summed E-state index contributed by atoms with van der Waals surface area (Å²) in [5.74, 6) is 1.29. The van der Waals surface area contributed by atoms with Crippen molar-refractivity contribution in [2.45, 2.75) is 6.54 Å². The Hall–Kier alpha value is -3.28. The third kappa shape index (κ3) is 4.63. The maximum Gasteiger partial charge on any atom is 0.315 e. The number of ether oxygens (including phenoxy) is 2. The molecule has 2 amide bonds. The van der Waals surface area contributed by atoms with Crippen LogP contribution in [0.5, 0.6) is 11.6 Å². The van der Waals surface area contributed by atoms with E-state index in [-0.39, 0.29) is 6.03 Å². The zero-order valence-electron chi connectivity index (χ0n) is 14.6. The molecule has 0 radical (unpaired) electrons. The summed E-state index contributed by atoms with van der Waals surface area (Å²) in [5.41, 5.74) is 0.817. The largest absolute Gasteiger partial charge is 0.492 e. The Bertz CT molecular complexity index is 883. The average Bonchev–Trinajstić information content (AvgIpc) is 2.69. The number of methoxy groups -OCH3 is 1. The number of carbonyl (C=O) groups is 1. The van der Waals surface area contributed by atoms with Gasteiger partial charge in [-0.3, -0.25) is 0 Å². The monoisotopic (exact) mass is 351 g/mol. The molecule has 0 spiro atoms. The van der Waals surface area contributed by atoms with Gasteiger partial charge < -0.3 is 20.1 Å². The topological polar surface area (TPSA) is 72.5 Å². The number of fused-ring (bicyclic) bond motifs is 1. The second-order valence-electron chi connectivity index (χ2n) is 5.64. The predicted molar refractivity (Wildman–Crippen MR) is 100 cm³/mol. The van der Waals surface area contributed by atoms with Crippen LogP contribution in [0.1, 0.15) is 5.56 Å². The van der Waals surface area contributed by atoms with Gasteiger partial charge in [-0.15, -0.1) is 0 Å². The van der Waals surface area contributed by atoms with Crippen LogP contribution in [-0.2, 0) is 6.54 Å². The first-order valence-corrected chi connectivity index (χ1v) is 8.37. The number of carbonyl (C=O) groups excluding carboxylic acids is 1. The highest BCUT2D eigenvalue weighted by molar-refractivity contribution is 5.83. The molecule has 0 aliphatic rings. The van der Waals surface area contributed by atoms with E-state index in [1.807, 2.05) is 42.5 Å². The van der Waals surface area contributed by atoms with Crippen LogP contribution < -0.4 is 20.1 Å². The summed E-state index contributed by atoms with van der Waals surface area (Å²) < 4.78 is 10.8. The first kappa shape index (κ1) is 17.5. The SMILES string of the molecule is COc1ncccc1CNC(=O)NCCOc1ccc2ccccc2c1. The molecule has 2 aromatic carbocycles. The zero-order chi connectivity index (χ0) is 18.2. The molecule has 6 heteroatoms. The fourth-order valence-corrected chi connectivity index (χ4v) is 2.57. The number of benzene rings is 2. The minimum atomic E-state index is -0.266. The Morgan fingerprint density at radius 3 is 2.73 bits per heavy atom. The van der Waals surface area contributed by atoms with Gasteiger partial charge >= 0.3 is 6.03 Å². The summed E-state index contributed by atoms with van der Waals surface area (Å²) in [7, 11) is 1.55. The molecular formula is C20H21N3O3. The van der Waals surface area contributed by atoms with Crippen molar-refractivity contribution >= 4 is 16.8 Å². The number of urea groups is 1. The standard InChI is InChI=1S/C20H21N3O3/c1-25-19-17(7-4-10-21-19)14-23-20(24)22-11-12-26-18-9-8-15-5-2-3-6-16(15)13-18/h2-10,13H,11-12,14H2,1H3,(H2,22,23,24). The molecule has 134 valence electrons. The molecule has 0 aliphatic carbocycles. The molecule has 0 saturated carbocycles. The predicted octanol–water partition coefficient (Wildman–Crippen LogP) is 3.12. The molecule has 0 fully saturated rings. The van der Waals surface area contributed by atoms with Gasteiger partial charge in [-0.2, -0.15) is 0 Å². The molecule has 0 bridgehead atoms. The summed E-state index contributed by atoms with van der Waals surface area (Å²) >= 11 is 0. The van der Waals surface area contributed by atoms with Crippen LogP contribution in [0.3, 0.4) is 0 Å². The highest BCUT2D eigenvalue weighted by Gasteiger charge is 2.05. The van der Waals surface area contributed by atoms with Gasteiger partial charge in [-0.25, -0.2) is 9.78 Å². The quantitative estimate of drug-likeness (QED) is 0.642. The van der Waals surface area contributed by atoms with Crippen molar-refractivity contribution in [3.05, 3.63) is 66.4 Å². The smallest absolute Gasteiger partial charge is 0.315 e. The minimum absolute atomic E-state index is 0.266. The molecule has 26 heavy (non-hydrogen) atoms. The first-order chi connectivity index (χ1) is 12.8. The number of amides is 2. The number of pyridine rings is 1.